The lowest BCUT2D eigenvalue weighted by Gasteiger charge is -2.07. The van der Waals surface area contributed by atoms with Crippen LogP contribution in [0.2, 0.25) is 0 Å². The summed E-state index contributed by atoms with van der Waals surface area (Å²) in [4.78, 5) is 17.8. The summed E-state index contributed by atoms with van der Waals surface area (Å²) >= 11 is 1.27. The highest BCUT2D eigenvalue weighted by molar-refractivity contribution is 8.13. The SMILES string of the molecule is C=NS/C(=N\CNCc1ccc(-c2ccnc(C)c2)nc1)c1ccc2ncccc2c1. The summed E-state index contributed by atoms with van der Waals surface area (Å²) in [6, 6.07) is 18.2. The Kier molecular flexibility index (Phi) is 6.76. The maximum absolute atomic E-state index is 4.67. The van der Waals surface area contributed by atoms with Gasteiger partial charge in [0.25, 0.3) is 0 Å². The first-order valence-corrected chi connectivity index (χ1v) is 10.6. The minimum Gasteiger partial charge on any atom is -0.294 e. The molecule has 0 spiro atoms. The minimum absolute atomic E-state index is 0.466. The molecule has 0 amide bonds. The van der Waals surface area contributed by atoms with Crippen LogP contribution < -0.4 is 5.32 Å². The van der Waals surface area contributed by atoms with Crippen molar-refractivity contribution in [3.63, 3.8) is 0 Å². The monoisotopic (exact) mass is 426 g/mol. The van der Waals surface area contributed by atoms with Crippen LogP contribution in [0.3, 0.4) is 0 Å². The lowest BCUT2D eigenvalue weighted by Crippen LogP contribution is -2.14. The molecule has 4 rings (SSSR count). The van der Waals surface area contributed by atoms with Crippen molar-refractivity contribution >= 4 is 34.6 Å². The Hall–Kier alpha value is -3.42. The maximum Gasteiger partial charge on any atom is 0.122 e. The van der Waals surface area contributed by atoms with E-state index in [1.807, 2.05) is 55.6 Å². The minimum atomic E-state index is 0.466. The average Bonchev–Trinajstić information content (AvgIpc) is 2.81. The van der Waals surface area contributed by atoms with E-state index in [9.17, 15) is 0 Å². The Morgan fingerprint density at radius 2 is 1.97 bits per heavy atom. The molecule has 1 N–H and O–H groups in total. The van der Waals surface area contributed by atoms with E-state index in [1.165, 1.54) is 11.9 Å². The summed E-state index contributed by atoms with van der Waals surface area (Å²) in [5, 5.41) is 5.23. The average molecular weight is 427 g/mol. The maximum atomic E-state index is 4.67. The highest BCUT2D eigenvalue weighted by Gasteiger charge is 2.06. The smallest absolute Gasteiger partial charge is 0.122 e. The Morgan fingerprint density at radius 3 is 2.77 bits per heavy atom. The predicted octanol–water partition coefficient (Wildman–Crippen LogP) is 4.84. The van der Waals surface area contributed by atoms with E-state index in [0.29, 0.717) is 13.2 Å². The zero-order chi connectivity index (χ0) is 21.5. The Morgan fingerprint density at radius 1 is 1.03 bits per heavy atom. The van der Waals surface area contributed by atoms with Gasteiger partial charge in [-0.2, -0.15) is 0 Å². The fraction of sp³-hybridized carbons (Fsp3) is 0.125. The number of aromatic nitrogens is 3. The molecular formula is C24H22N6S. The fourth-order valence-electron chi connectivity index (χ4n) is 3.18. The highest BCUT2D eigenvalue weighted by Crippen LogP contribution is 2.20. The zero-order valence-corrected chi connectivity index (χ0v) is 18.0. The molecule has 31 heavy (non-hydrogen) atoms. The van der Waals surface area contributed by atoms with Crippen molar-refractivity contribution in [1.82, 2.24) is 20.3 Å². The van der Waals surface area contributed by atoms with Crippen LogP contribution in [0.25, 0.3) is 22.2 Å². The standard InChI is InChI=1S/C24H22N6S/c1-17-12-20(9-11-27-17)23-7-5-18(15-29-23)14-26-16-30-24(31-25-2)21-6-8-22-19(13-21)4-3-10-28-22/h3-13,15,26H,2,14,16H2,1H3/b30-24-. The fourth-order valence-corrected chi connectivity index (χ4v) is 3.65. The van der Waals surface area contributed by atoms with Crippen LogP contribution >= 0.6 is 11.9 Å². The number of pyridine rings is 3. The summed E-state index contributed by atoms with van der Waals surface area (Å²) in [6.07, 6.45) is 5.49. The summed E-state index contributed by atoms with van der Waals surface area (Å²) < 4.78 is 3.95. The van der Waals surface area contributed by atoms with E-state index in [4.69, 9.17) is 0 Å². The number of hydrogen-bond acceptors (Lipinski definition) is 7. The molecule has 0 bridgehead atoms. The van der Waals surface area contributed by atoms with Gasteiger partial charge in [0.15, 0.2) is 0 Å². The second kappa shape index (κ2) is 10.1. The quantitative estimate of drug-likeness (QED) is 0.198. The number of hydrogen-bond donors (Lipinski definition) is 1. The van der Waals surface area contributed by atoms with Gasteiger partial charge in [-0.25, -0.2) is 4.40 Å². The third kappa shape index (κ3) is 5.39. The van der Waals surface area contributed by atoms with Gasteiger partial charge in [0.05, 0.1) is 17.9 Å². The van der Waals surface area contributed by atoms with E-state index in [-0.39, 0.29) is 0 Å². The summed E-state index contributed by atoms with van der Waals surface area (Å²) in [6.45, 7) is 6.71. The molecule has 4 aromatic rings. The van der Waals surface area contributed by atoms with Gasteiger partial charge in [-0.15, -0.1) is 0 Å². The molecule has 0 aliphatic heterocycles. The zero-order valence-electron chi connectivity index (χ0n) is 17.2. The van der Waals surface area contributed by atoms with Crippen LogP contribution in [0.1, 0.15) is 16.8 Å². The molecule has 0 saturated heterocycles. The number of nitrogens with zero attached hydrogens (tertiary/aromatic N) is 5. The van der Waals surface area contributed by atoms with Crippen LogP contribution in [-0.4, -0.2) is 33.4 Å². The van der Waals surface area contributed by atoms with Crippen molar-refractivity contribution in [3.8, 4) is 11.3 Å². The molecule has 154 valence electrons. The van der Waals surface area contributed by atoms with Crippen molar-refractivity contribution in [2.45, 2.75) is 13.5 Å². The molecule has 0 fully saturated rings. The van der Waals surface area contributed by atoms with Crippen molar-refractivity contribution in [1.29, 1.82) is 0 Å². The van der Waals surface area contributed by atoms with Crippen LogP contribution in [0.15, 0.2) is 82.6 Å². The molecular weight excluding hydrogens is 404 g/mol. The third-order valence-corrected chi connectivity index (χ3v) is 5.35. The first-order chi connectivity index (χ1) is 15.2. The summed E-state index contributed by atoms with van der Waals surface area (Å²) in [5.74, 6) is 0. The van der Waals surface area contributed by atoms with E-state index < -0.39 is 0 Å². The molecule has 1 aromatic carbocycles. The molecule has 0 saturated carbocycles. The second-order valence-electron chi connectivity index (χ2n) is 6.92. The number of fused-ring (bicyclic) bond motifs is 1. The molecule has 0 aliphatic carbocycles. The molecule has 0 atom stereocenters. The topological polar surface area (TPSA) is 75.4 Å². The third-order valence-electron chi connectivity index (χ3n) is 4.68. The lowest BCUT2D eigenvalue weighted by atomic mass is 10.1. The largest absolute Gasteiger partial charge is 0.294 e. The molecule has 7 heteroatoms. The van der Waals surface area contributed by atoms with Gasteiger partial charge in [0, 0.05) is 59.3 Å². The van der Waals surface area contributed by atoms with Gasteiger partial charge >= 0.3 is 0 Å². The predicted molar refractivity (Wildman–Crippen MR) is 129 cm³/mol. The Bertz CT molecular complexity index is 1220. The molecule has 0 unspecified atom stereocenters. The van der Waals surface area contributed by atoms with Crippen LogP contribution in [0.5, 0.6) is 0 Å². The van der Waals surface area contributed by atoms with Gasteiger partial charge in [-0.1, -0.05) is 18.2 Å². The number of benzene rings is 1. The van der Waals surface area contributed by atoms with Crippen molar-refractivity contribution in [2.75, 3.05) is 6.67 Å². The molecule has 3 heterocycles. The lowest BCUT2D eigenvalue weighted by molar-refractivity contribution is 0.709. The van der Waals surface area contributed by atoms with Crippen LogP contribution in [-0.2, 0) is 6.54 Å². The first-order valence-electron chi connectivity index (χ1n) is 9.84. The van der Waals surface area contributed by atoms with Gasteiger partial charge in [0.1, 0.15) is 5.04 Å². The van der Waals surface area contributed by atoms with Gasteiger partial charge in [-0.05, 0) is 55.6 Å². The summed E-state index contributed by atoms with van der Waals surface area (Å²) in [7, 11) is 0. The second-order valence-corrected chi connectivity index (χ2v) is 7.74. The molecule has 0 radical (unpaired) electrons. The Labute approximate surface area is 185 Å². The number of aryl methyl sites for hydroxylation is 1. The normalized spacial score (nSPS) is 11.6. The number of aliphatic imine (C=N–C) groups is 1. The first kappa shape index (κ1) is 20.8. The highest BCUT2D eigenvalue weighted by atomic mass is 32.2. The number of nitrogens with one attached hydrogen (secondary N) is 1. The Balaban J connectivity index is 1.39. The van der Waals surface area contributed by atoms with E-state index >= 15 is 0 Å². The van der Waals surface area contributed by atoms with Crippen molar-refractivity contribution in [2.24, 2.45) is 9.39 Å². The van der Waals surface area contributed by atoms with Crippen LogP contribution in [0.4, 0.5) is 0 Å². The van der Waals surface area contributed by atoms with Crippen LogP contribution in [0, 0.1) is 6.92 Å². The molecule has 0 aliphatic rings. The van der Waals surface area contributed by atoms with Gasteiger partial charge in [-0.3, -0.25) is 25.3 Å². The van der Waals surface area contributed by atoms with E-state index in [2.05, 4.69) is 48.5 Å². The van der Waals surface area contributed by atoms with E-state index in [1.54, 1.807) is 12.4 Å². The van der Waals surface area contributed by atoms with Gasteiger partial charge in [0.2, 0.25) is 0 Å². The molecule has 3 aromatic heterocycles. The number of rotatable bonds is 7. The van der Waals surface area contributed by atoms with E-state index in [0.717, 1.165) is 44.0 Å². The van der Waals surface area contributed by atoms with Gasteiger partial charge < -0.3 is 0 Å². The molecule has 6 nitrogen and oxygen atoms in total. The summed E-state index contributed by atoms with van der Waals surface area (Å²) in [5.41, 5.74) is 6.04. The van der Waals surface area contributed by atoms with Crippen molar-refractivity contribution < 1.29 is 0 Å². The van der Waals surface area contributed by atoms with Crippen molar-refractivity contribution in [3.05, 3.63) is 90.0 Å².